The van der Waals surface area contributed by atoms with E-state index in [1.165, 1.54) is 11.8 Å². The minimum Gasteiger partial charge on any atom is -0.346 e. The second kappa shape index (κ2) is 6.86. The number of aromatic nitrogens is 1. The van der Waals surface area contributed by atoms with Crippen molar-refractivity contribution in [2.24, 2.45) is 0 Å². The third-order valence-electron chi connectivity index (χ3n) is 3.13. The van der Waals surface area contributed by atoms with E-state index in [4.69, 9.17) is 0 Å². The highest BCUT2D eigenvalue weighted by Crippen LogP contribution is 2.15. The third kappa shape index (κ3) is 3.68. The second-order valence-corrected chi connectivity index (χ2v) is 4.73. The molecule has 0 bridgehead atoms. The van der Waals surface area contributed by atoms with Crippen LogP contribution in [0.25, 0.3) is 0 Å². The van der Waals surface area contributed by atoms with Gasteiger partial charge in [0.05, 0.1) is 4.92 Å². The molecule has 0 atom stereocenters. The Balaban J connectivity index is 2.08. The van der Waals surface area contributed by atoms with Crippen LogP contribution in [0.2, 0.25) is 0 Å². The molecule has 1 aromatic heterocycles. The fourth-order valence-electron chi connectivity index (χ4n) is 2.12. The van der Waals surface area contributed by atoms with Gasteiger partial charge in [-0.25, -0.2) is 0 Å². The van der Waals surface area contributed by atoms with Crippen molar-refractivity contribution in [2.75, 3.05) is 6.54 Å². The number of nitro groups is 1. The molecule has 0 amide bonds. The van der Waals surface area contributed by atoms with Gasteiger partial charge in [0, 0.05) is 37.1 Å². The lowest BCUT2D eigenvalue weighted by molar-refractivity contribution is -0.384. The molecular weight excluding hydrogens is 254 g/mol. The molecular formula is C15H19N3O2. The Hall–Kier alpha value is -2.14. The lowest BCUT2D eigenvalue weighted by Gasteiger charge is -2.10. The molecule has 0 unspecified atom stereocenters. The van der Waals surface area contributed by atoms with Crippen LogP contribution in [0.5, 0.6) is 0 Å². The summed E-state index contributed by atoms with van der Waals surface area (Å²) in [5.74, 6) is 0. The van der Waals surface area contributed by atoms with Gasteiger partial charge in [-0.2, -0.15) is 0 Å². The molecule has 5 heteroatoms. The van der Waals surface area contributed by atoms with Crippen LogP contribution in [0.15, 0.2) is 42.6 Å². The first kappa shape index (κ1) is 14.3. The molecule has 0 aliphatic heterocycles. The van der Waals surface area contributed by atoms with Gasteiger partial charge in [-0.1, -0.05) is 19.1 Å². The van der Waals surface area contributed by atoms with Gasteiger partial charge in [0.25, 0.3) is 5.69 Å². The van der Waals surface area contributed by atoms with Crippen molar-refractivity contribution in [3.63, 3.8) is 0 Å². The highest BCUT2D eigenvalue weighted by Gasteiger charge is 2.07. The van der Waals surface area contributed by atoms with Crippen LogP contribution >= 0.6 is 0 Å². The van der Waals surface area contributed by atoms with E-state index in [9.17, 15) is 10.1 Å². The molecule has 20 heavy (non-hydrogen) atoms. The first-order valence-corrected chi connectivity index (χ1v) is 6.78. The van der Waals surface area contributed by atoms with Crippen LogP contribution in [0.1, 0.15) is 24.6 Å². The van der Waals surface area contributed by atoms with E-state index in [1.807, 2.05) is 18.3 Å². The lowest BCUT2D eigenvalue weighted by Crippen LogP contribution is -2.17. The van der Waals surface area contributed by atoms with Crippen LogP contribution in [-0.4, -0.2) is 16.0 Å². The number of hydrogen-bond donors (Lipinski definition) is 1. The summed E-state index contributed by atoms with van der Waals surface area (Å²) in [7, 11) is 0. The fourth-order valence-corrected chi connectivity index (χ4v) is 2.12. The molecule has 1 aromatic carbocycles. The number of benzene rings is 1. The molecule has 0 aliphatic rings. The molecule has 106 valence electrons. The number of hydrogen-bond acceptors (Lipinski definition) is 3. The number of non-ortho nitro benzene ring substituents is 1. The molecule has 0 saturated heterocycles. The highest BCUT2D eigenvalue weighted by atomic mass is 16.6. The molecule has 2 aromatic rings. The standard InChI is InChI=1S/C15H19N3O2/c1-2-8-16-11-15-7-4-9-17(15)12-13-5-3-6-14(10-13)18(19)20/h3-7,9-10,16H,2,8,11-12H2,1H3. The molecule has 2 rings (SSSR count). The summed E-state index contributed by atoms with van der Waals surface area (Å²) in [6, 6.07) is 10.9. The average molecular weight is 273 g/mol. The SMILES string of the molecule is CCCNCc1cccn1Cc1cccc([N+](=O)[O-])c1. The maximum atomic E-state index is 10.8. The van der Waals surface area contributed by atoms with Crippen molar-refractivity contribution >= 4 is 5.69 Å². The monoisotopic (exact) mass is 273 g/mol. The quantitative estimate of drug-likeness (QED) is 0.479. The first-order valence-electron chi connectivity index (χ1n) is 6.78. The average Bonchev–Trinajstić information content (AvgIpc) is 2.87. The Kier molecular flexibility index (Phi) is 4.90. The Morgan fingerprint density at radius 3 is 2.90 bits per heavy atom. The number of nitro benzene ring substituents is 1. The Morgan fingerprint density at radius 1 is 1.30 bits per heavy atom. The van der Waals surface area contributed by atoms with Crippen molar-refractivity contribution in [2.45, 2.75) is 26.4 Å². The van der Waals surface area contributed by atoms with Gasteiger partial charge in [0.2, 0.25) is 0 Å². The van der Waals surface area contributed by atoms with Crippen LogP contribution in [0.4, 0.5) is 5.69 Å². The van der Waals surface area contributed by atoms with Gasteiger partial charge >= 0.3 is 0 Å². The van der Waals surface area contributed by atoms with Crippen LogP contribution in [0.3, 0.4) is 0 Å². The van der Waals surface area contributed by atoms with E-state index in [2.05, 4.69) is 22.9 Å². The first-order chi connectivity index (χ1) is 9.70. The van der Waals surface area contributed by atoms with Crippen LogP contribution < -0.4 is 5.32 Å². The van der Waals surface area contributed by atoms with Gasteiger partial charge in [-0.3, -0.25) is 10.1 Å². The summed E-state index contributed by atoms with van der Waals surface area (Å²) in [4.78, 5) is 10.4. The number of rotatable bonds is 7. The molecule has 0 saturated carbocycles. The van der Waals surface area contributed by atoms with Crippen molar-refractivity contribution in [1.29, 1.82) is 0 Å². The minimum atomic E-state index is -0.358. The third-order valence-corrected chi connectivity index (χ3v) is 3.13. The van der Waals surface area contributed by atoms with Crippen LogP contribution in [-0.2, 0) is 13.1 Å². The van der Waals surface area contributed by atoms with E-state index in [0.717, 1.165) is 25.1 Å². The minimum absolute atomic E-state index is 0.139. The predicted octanol–water partition coefficient (Wildman–Crippen LogP) is 2.94. The summed E-state index contributed by atoms with van der Waals surface area (Å²) < 4.78 is 2.11. The normalized spacial score (nSPS) is 10.7. The Labute approximate surface area is 118 Å². The van der Waals surface area contributed by atoms with Gasteiger partial charge in [0.15, 0.2) is 0 Å². The molecule has 0 spiro atoms. The summed E-state index contributed by atoms with van der Waals surface area (Å²) in [6.07, 6.45) is 3.10. The van der Waals surface area contributed by atoms with E-state index in [-0.39, 0.29) is 10.6 Å². The van der Waals surface area contributed by atoms with Crippen LogP contribution in [0, 0.1) is 10.1 Å². The fraction of sp³-hybridized carbons (Fsp3) is 0.333. The molecule has 5 nitrogen and oxygen atoms in total. The van der Waals surface area contributed by atoms with E-state index in [1.54, 1.807) is 12.1 Å². The topological polar surface area (TPSA) is 60.1 Å². The zero-order valence-corrected chi connectivity index (χ0v) is 11.6. The number of nitrogens with zero attached hydrogens (tertiary/aromatic N) is 2. The number of nitrogens with one attached hydrogen (secondary N) is 1. The van der Waals surface area contributed by atoms with E-state index < -0.39 is 0 Å². The lowest BCUT2D eigenvalue weighted by atomic mass is 10.2. The van der Waals surface area contributed by atoms with Gasteiger partial charge in [0.1, 0.15) is 0 Å². The van der Waals surface area contributed by atoms with Crippen molar-refractivity contribution in [3.8, 4) is 0 Å². The highest BCUT2D eigenvalue weighted by molar-refractivity contribution is 5.34. The second-order valence-electron chi connectivity index (χ2n) is 4.73. The van der Waals surface area contributed by atoms with Crippen molar-refractivity contribution < 1.29 is 4.92 Å². The maximum Gasteiger partial charge on any atom is 0.269 e. The van der Waals surface area contributed by atoms with Crippen molar-refractivity contribution in [3.05, 3.63) is 64.0 Å². The molecule has 1 N–H and O–H groups in total. The summed E-state index contributed by atoms with van der Waals surface area (Å²) in [5.41, 5.74) is 2.26. The molecule has 0 aliphatic carbocycles. The summed E-state index contributed by atoms with van der Waals surface area (Å²) in [6.45, 7) is 4.59. The Morgan fingerprint density at radius 2 is 2.15 bits per heavy atom. The molecule has 0 radical (unpaired) electrons. The zero-order chi connectivity index (χ0) is 14.4. The van der Waals surface area contributed by atoms with Gasteiger partial charge in [-0.05, 0) is 30.7 Å². The van der Waals surface area contributed by atoms with Gasteiger partial charge in [-0.15, -0.1) is 0 Å². The molecule has 1 heterocycles. The van der Waals surface area contributed by atoms with Gasteiger partial charge < -0.3 is 9.88 Å². The smallest absolute Gasteiger partial charge is 0.269 e. The van der Waals surface area contributed by atoms with E-state index >= 15 is 0 Å². The maximum absolute atomic E-state index is 10.8. The Bertz CT molecular complexity index is 578. The largest absolute Gasteiger partial charge is 0.346 e. The zero-order valence-electron chi connectivity index (χ0n) is 11.6. The summed E-state index contributed by atoms with van der Waals surface area (Å²) >= 11 is 0. The van der Waals surface area contributed by atoms with Crippen molar-refractivity contribution in [1.82, 2.24) is 9.88 Å². The molecule has 0 fully saturated rings. The summed E-state index contributed by atoms with van der Waals surface area (Å²) in [5, 5.41) is 14.1. The predicted molar refractivity (Wildman–Crippen MR) is 78.6 cm³/mol. The van der Waals surface area contributed by atoms with E-state index in [0.29, 0.717) is 6.54 Å².